The van der Waals surface area contributed by atoms with Gasteiger partial charge in [-0.3, -0.25) is 14.5 Å². The van der Waals surface area contributed by atoms with E-state index in [-0.39, 0.29) is 18.4 Å². The lowest BCUT2D eigenvalue weighted by molar-refractivity contribution is -0.132. The molecule has 3 rings (SSSR count). The maximum atomic E-state index is 12.5. The zero-order valence-electron chi connectivity index (χ0n) is 15.7. The summed E-state index contributed by atoms with van der Waals surface area (Å²) in [6.45, 7) is 8.24. The van der Waals surface area contributed by atoms with Crippen LogP contribution < -0.4 is 5.32 Å². The lowest BCUT2D eigenvalue weighted by Crippen LogP contribution is -2.54. The number of alkyl halides is 2. The highest BCUT2D eigenvalue weighted by Gasteiger charge is 2.33. The summed E-state index contributed by atoms with van der Waals surface area (Å²) in [7, 11) is 0. The van der Waals surface area contributed by atoms with Gasteiger partial charge in [-0.1, -0.05) is 12.7 Å². The van der Waals surface area contributed by atoms with Crippen LogP contribution in [0.4, 0.5) is 0 Å². The van der Waals surface area contributed by atoms with E-state index < -0.39 is 8.98 Å². The molecule has 3 aliphatic rings. The van der Waals surface area contributed by atoms with Gasteiger partial charge in [0.2, 0.25) is 11.8 Å². The lowest BCUT2D eigenvalue weighted by atomic mass is 10.1. The number of likely N-dealkylation sites (tertiary alicyclic amines) is 1. The molecule has 2 fully saturated rings. The number of nitrogens with one attached hydrogen (secondary N) is 1. The summed E-state index contributed by atoms with van der Waals surface area (Å²) in [5, 5.41) is 12.8. The van der Waals surface area contributed by atoms with Crippen molar-refractivity contribution in [2.45, 2.75) is 21.4 Å². The van der Waals surface area contributed by atoms with Crippen LogP contribution >= 0.6 is 34.2 Å². The number of rotatable bonds is 5. The Hall–Kier alpha value is -1.10. The summed E-state index contributed by atoms with van der Waals surface area (Å²) in [5.74, 6) is 0.0289. The fourth-order valence-corrected chi connectivity index (χ4v) is 4.45. The number of hydrogen-bond acceptors (Lipinski definition) is 5. The number of carbonyl (C=O) groups is 2. The molecule has 2 aliphatic heterocycles. The number of piperazine rings is 1. The zero-order chi connectivity index (χ0) is 20.3. The third-order valence-corrected chi connectivity index (χ3v) is 7.29. The summed E-state index contributed by atoms with van der Waals surface area (Å²) >= 11 is 7.92. The normalized spacial score (nSPS) is 30.9. The van der Waals surface area contributed by atoms with Gasteiger partial charge in [-0.05, 0) is 47.2 Å². The van der Waals surface area contributed by atoms with Crippen LogP contribution in [0.3, 0.4) is 0 Å². The van der Waals surface area contributed by atoms with Gasteiger partial charge in [0, 0.05) is 51.0 Å². The molecular formula is C19H26ClIN4O3. The van der Waals surface area contributed by atoms with Crippen LogP contribution in [-0.4, -0.2) is 92.5 Å². The highest BCUT2D eigenvalue weighted by atomic mass is 127. The van der Waals surface area contributed by atoms with E-state index >= 15 is 0 Å². The van der Waals surface area contributed by atoms with E-state index in [1.54, 1.807) is 18.2 Å². The van der Waals surface area contributed by atoms with E-state index in [4.69, 9.17) is 11.6 Å². The Morgan fingerprint density at radius 3 is 2.68 bits per heavy atom. The Morgan fingerprint density at radius 1 is 1.32 bits per heavy atom. The summed E-state index contributed by atoms with van der Waals surface area (Å²) in [4.78, 5) is 30.3. The fourth-order valence-electron chi connectivity index (χ4n) is 3.77. The fraction of sp³-hybridized carbons (Fsp3) is 0.579. The number of aliphatic hydroxyl groups is 1. The number of nitrogens with zero attached hydrogens (tertiary/aromatic N) is 3. The van der Waals surface area contributed by atoms with Crippen molar-refractivity contribution in [1.29, 1.82) is 0 Å². The number of amides is 2. The van der Waals surface area contributed by atoms with Gasteiger partial charge >= 0.3 is 0 Å². The third-order valence-electron chi connectivity index (χ3n) is 5.47. The molecule has 2 amide bonds. The standard InChI is InChI=1S/C19H26ClIN4O3/c1-2-17(26)25-6-5-15(13-25)23-7-9-24(10-8-23)18(27)12-22-14-3-4-16(20)19(21,28)11-14/h2-4,11,15-16,22,28H,1,5-10,12-13H2. The number of hydrogen-bond donors (Lipinski definition) is 2. The first kappa shape index (κ1) is 21.6. The van der Waals surface area contributed by atoms with Gasteiger partial charge < -0.3 is 20.2 Å². The average molecular weight is 521 g/mol. The van der Waals surface area contributed by atoms with E-state index in [1.807, 2.05) is 32.4 Å². The van der Waals surface area contributed by atoms with Crippen molar-refractivity contribution < 1.29 is 14.7 Å². The molecule has 7 nitrogen and oxygen atoms in total. The van der Waals surface area contributed by atoms with Gasteiger partial charge in [0.05, 0.1) is 11.9 Å². The van der Waals surface area contributed by atoms with Gasteiger partial charge in [-0.25, -0.2) is 0 Å². The molecule has 0 saturated carbocycles. The quantitative estimate of drug-likeness (QED) is 0.317. The topological polar surface area (TPSA) is 76.1 Å². The third kappa shape index (κ3) is 5.08. The minimum absolute atomic E-state index is 0.00709. The molecule has 9 heteroatoms. The van der Waals surface area contributed by atoms with Gasteiger partial charge in [0.1, 0.15) is 0 Å². The molecule has 0 bridgehead atoms. The Labute approximate surface area is 184 Å². The minimum atomic E-state index is -1.16. The maximum Gasteiger partial charge on any atom is 0.246 e. The summed E-state index contributed by atoms with van der Waals surface area (Å²) in [6.07, 6.45) is 7.46. The highest BCUT2D eigenvalue weighted by molar-refractivity contribution is 14.1. The van der Waals surface area contributed by atoms with Crippen molar-refractivity contribution in [1.82, 2.24) is 20.0 Å². The van der Waals surface area contributed by atoms with Crippen molar-refractivity contribution in [3.63, 3.8) is 0 Å². The Bertz CT molecular complexity index is 689. The Balaban J connectivity index is 1.43. The first-order valence-electron chi connectivity index (χ1n) is 9.43. The second kappa shape index (κ2) is 9.15. The van der Waals surface area contributed by atoms with Crippen molar-refractivity contribution in [3.05, 3.63) is 36.6 Å². The van der Waals surface area contributed by atoms with Crippen molar-refractivity contribution in [2.75, 3.05) is 45.8 Å². The van der Waals surface area contributed by atoms with Crippen LogP contribution in [0.2, 0.25) is 0 Å². The second-order valence-corrected chi connectivity index (χ2v) is 9.49. The smallest absolute Gasteiger partial charge is 0.246 e. The molecule has 154 valence electrons. The first-order chi connectivity index (χ1) is 13.3. The lowest BCUT2D eigenvalue weighted by Gasteiger charge is -2.38. The van der Waals surface area contributed by atoms with Gasteiger partial charge in [0.25, 0.3) is 0 Å². The second-order valence-electron chi connectivity index (χ2n) is 7.29. The highest BCUT2D eigenvalue weighted by Crippen LogP contribution is 2.31. The summed E-state index contributed by atoms with van der Waals surface area (Å²) < 4.78 is -1.16. The predicted molar refractivity (Wildman–Crippen MR) is 117 cm³/mol. The van der Waals surface area contributed by atoms with E-state index in [9.17, 15) is 14.7 Å². The van der Waals surface area contributed by atoms with Gasteiger partial charge in [-0.2, -0.15) is 0 Å². The van der Waals surface area contributed by atoms with E-state index in [0.717, 1.165) is 32.6 Å². The largest absolute Gasteiger partial charge is 0.376 e. The molecule has 3 atom stereocenters. The monoisotopic (exact) mass is 520 g/mol. The zero-order valence-corrected chi connectivity index (χ0v) is 18.6. The summed E-state index contributed by atoms with van der Waals surface area (Å²) in [5.41, 5.74) is 0.693. The molecule has 0 radical (unpaired) electrons. The number of carbonyl (C=O) groups excluding carboxylic acids is 2. The van der Waals surface area contributed by atoms with Crippen LogP contribution in [-0.2, 0) is 9.59 Å². The van der Waals surface area contributed by atoms with Crippen molar-refractivity contribution in [3.8, 4) is 0 Å². The molecule has 0 aromatic rings. The molecule has 1 aliphatic carbocycles. The molecule has 3 unspecified atom stereocenters. The van der Waals surface area contributed by atoms with Crippen LogP contribution in [0.1, 0.15) is 6.42 Å². The summed E-state index contributed by atoms with van der Waals surface area (Å²) in [6, 6.07) is 0.363. The SMILES string of the molecule is C=CC(=O)N1CCC(N2CCN(C(=O)CNC3=CC(O)(I)C(Cl)C=C3)CC2)C1. The molecule has 0 aromatic heterocycles. The number of halogens is 2. The van der Waals surface area contributed by atoms with Crippen molar-refractivity contribution in [2.24, 2.45) is 0 Å². The van der Waals surface area contributed by atoms with Gasteiger partial charge in [-0.15, -0.1) is 11.6 Å². The molecule has 0 spiro atoms. The van der Waals surface area contributed by atoms with Crippen LogP contribution in [0, 0.1) is 0 Å². The van der Waals surface area contributed by atoms with Gasteiger partial charge in [0.15, 0.2) is 3.61 Å². The molecule has 28 heavy (non-hydrogen) atoms. The molecular weight excluding hydrogens is 495 g/mol. The van der Waals surface area contributed by atoms with Crippen LogP contribution in [0.5, 0.6) is 0 Å². The molecule has 2 saturated heterocycles. The minimum Gasteiger partial charge on any atom is -0.376 e. The number of allylic oxidation sites excluding steroid dienone is 1. The van der Waals surface area contributed by atoms with Crippen LogP contribution in [0.25, 0.3) is 0 Å². The van der Waals surface area contributed by atoms with E-state index in [0.29, 0.717) is 24.8 Å². The first-order valence-corrected chi connectivity index (χ1v) is 10.9. The maximum absolute atomic E-state index is 12.5. The Kier molecular flexibility index (Phi) is 7.06. The predicted octanol–water partition coefficient (Wildman–Crippen LogP) is 0.692. The molecule has 0 aromatic carbocycles. The molecule has 2 N–H and O–H groups in total. The average Bonchev–Trinajstić information content (AvgIpc) is 3.18. The Morgan fingerprint density at radius 2 is 2.04 bits per heavy atom. The van der Waals surface area contributed by atoms with Crippen molar-refractivity contribution >= 4 is 46.0 Å². The van der Waals surface area contributed by atoms with E-state index in [1.165, 1.54) is 6.08 Å². The van der Waals surface area contributed by atoms with Crippen LogP contribution in [0.15, 0.2) is 36.6 Å². The van der Waals surface area contributed by atoms with E-state index in [2.05, 4.69) is 16.8 Å². The molecule has 2 heterocycles.